The maximum Gasteiger partial charge on any atom is 0.270 e. The quantitative estimate of drug-likeness (QED) is 0.338. The average molecular weight is 557 g/mol. The van der Waals surface area contributed by atoms with Crippen molar-refractivity contribution in [1.82, 2.24) is 13.6 Å². The summed E-state index contributed by atoms with van der Waals surface area (Å²) in [5.74, 6) is 0.431. The van der Waals surface area contributed by atoms with Crippen LogP contribution in [0.4, 0.5) is 5.82 Å². The number of morpholine rings is 1. The highest BCUT2D eigenvalue weighted by Crippen LogP contribution is 2.28. The fraction of sp³-hybridized carbons (Fsp3) is 0.808. The van der Waals surface area contributed by atoms with Gasteiger partial charge in [-0.25, -0.2) is 0 Å². The number of Topliss-reactive ketones (excluding diaryl/α,β-unsaturated/α-hetero) is 2. The van der Waals surface area contributed by atoms with E-state index in [0.29, 0.717) is 44.4 Å². The number of hydrogen-bond acceptors (Lipinski definition) is 11. The van der Waals surface area contributed by atoms with Crippen LogP contribution in [0, 0.1) is 0 Å². The third kappa shape index (κ3) is 8.69. The molecule has 1 amide bonds. The Morgan fingerprint density at radius 3 is 2.24 bits per heavy atom. The molecule has 2 heterocycles. The first-order valence-corrected chi connectivity index (χ1v) is 13.8. The maximum absolute atomic E-state index is 13.2. The second-order valence-corrected chi connectivity index (χ2v) is 11.7. The number of carbonyl (C=O) groups is 3. The molecule has 1 unspecified atom stereocenters. The summed E-state index contributed by atoms with van der Waals surface area (Å²) in [4.78, 5) is 41.4. The summed E-state index contributed by atoms with van der Waals surface area (Å²) in [6.07, 6.45) is -0.221. The van der Waals surface area contributed by atoms with Crippen molar-refractivity contribution in [2.45, 2.75) is 91.6 Å². The number of nitrogens with zero attached hydrogens (tertiary/aromatic N) is 4. The van der Waals surface area contributed by atoms with Gasteiger partial charge in [-0.3, -0.25) is 14.4 Å². The van der Waals surface area contributed by atoms with Gasteiger partial charge in [-0.2, -0.15) is 4.37 Å². The normalized spacial score (nSPS) is 17.0. The van der Waals surface area contributed by atoms with Crippen LogP contribution in [0.15, 0.2) is 0 Å². The van der Waals surface area contributed by atoms with Gasteiger partial charge in [-0.1, -0.05) is 6.92 Å². The number of hydrogen-bond donors (Lipinski definition) is 0. The first kappa shape index (κ1) is 32.1. The number of aromatic nitrogens is 2. The van der Waals surface area contributed by atoms with Crippen LogP contribution >= 0.6 is 11.7 Å². The highest BCUT2D eigenvalue weighted by atomic mass is 32.1. The van der Waals surface area contributed by atoms with Crippen LogP contribution in [0.3, 0.4) is 0 Å². The standard InChI is InChI=1S/C26H44N4O7S/c1-10-26(9,18(2)31)36-17-21(33)25(7,8)37-20(15-30(19(3)32)24(4,5)6)16-35-23-22(27-38-28-23)29-11-13-34-14-12-29/h20H,10-17H2,1-9H3/t20-,26?/m0/s1. The molecule has 38 heavy (non-hydrogen) atoms. The molecule has 0 saturated carbocycles. The molecular formula is C26H44N4O7S. The number of anilines is 1. The van der Waals surface area contributed by atoms with Crippen molar-refractivity contribution in [3.05, 3.63) is 0 Å². The zero-order chi connectivity index (χ0) is 28.7. The van der Waals surface area contributed by atoms with Crippen molar-refractivity contribution in [2.24, 2.45) is 0 Å². The van der Waals surface area contributed by atoms with Crippen LogP contribution in [-0.4, -0.2) is 100 Å². The van der Waals surface area contributed by atoms with E-state index in [9.17, 15) is 14.4 Å². The maximum atomic E-state index is 13.2. The third-order valence-corrected chi connectivity index (χ3v) is 7.31. The Kier molecular flexibility index (Phi) is 11.2. The largest absolute Gasteiger partial charge is 0.472 e. The van der Waals surface area contributed by atoms with Crippen LogP contribution in [-0.2, 0) is 28.6 Å². The van der Waals surface area contributed by atoms with Crippen molar-refractivity contribution < 1.29 is 33.3 Å². The van der Waals surface area contributed by atoms with Crippen molar-refractivity contribution in [3.8, 4) is 5.88 Å². The Hall–Kier alpha value is -2.15. The van der Waals surface area contributed by atoms with E-state index in [0.717, 1.165) is 11.7 Å². The van der Waals surface area contributed by atoms with Gasteiger partial charge in [0.05, 0.1) is 31.5 Å². The first-order chi connectivity index (χ1) is 17.6. The number of ketones is 2. The fourth-order valence-corrected chi connectivity index (χ4v) is 4.46. The van der Waals surface area contributed by atoms with Crippen molar-refractivity contribution >= 4 is 35.0 Å². The van der Waals surface area contributed by atoms with Crippen molar-refractivity contribution in [1.29, 1.82) is 0 Å². The predicted molar refractivity (Wildman–Crippen MR) is 145 cm³/mol. The molecule has 1 saturated heterocycles. The zero-order valence-corrected chi connectivity index (χ0v) is 25.1. The molecule has 1 aromatic heterocycles. The van der Waals surface area contributed by atoms with Gasteiger partial charge < -0.3 is 28.7 Å². The summed E-state index contributed by atoms with van der Waals surface area (Å²) in [7, 11) is 0. The average Bonchev–Trinajstić information content (AvgIpc) is 3.31. The summed E-state index contributed by atoms with van der Waals surface area (Å²) in [5, 5.41) is 0. The molecule has 11 nitrogen and oxygen atoms in total. The predicted octanol–water partition coefficient (Wildman–Crippen LogP) is 2.91. The van der Waals surface area contributed by atoms with Gasteiger partial charge in [-0.05, 0) is 54.9 Å². The van der Waals surface area contributed by atoms with Gasteiger partial charge in [0.1, 0.15) is 30.5 Å². The number of ether oxygens (including phenoxy) is 4. The Morgan fingerprint density at radius 2 is 1.71 bits per heavy atom. The molecule has 1 fully saturated rings. The van der Waals surface area contributed by atoms with Crippen molar-refractivity contribution in [2.75, 3.05) is 51.0 Å². The minimum atomic E-state index is -1.27. The second kappa shape index (κ2) is 13.3. The van der Waals surface area contributed by atoms with Crippen LogP contribution in [0.1, 0.15) is 68.7 Å². The topological polar surface area (TPSA) is 120 Å². The Labute approximate surface area is 230 Å². The third-order valence-electron chi connectivity index (χ3n) is 6.81. The number of amides is 1. The minimum Gasteiger partial charge on any atom is -0.472 e. The molecule has 1 aromatic rings. The summed E-state index contributed by atoms with van der Waals surface area (Å²) in [5.41, 5.74) is -2.79. The molecule has 0 N–H and O–H groups in total. The molecule has 0 aromatic carbocycles. The highest BCUT2D eigenvalue weighted by Gasteiger charge is 2.37. The van der Waals surface area contributed by atoms with Crippen LogP contribution in [0.5, 0.6) is 5.88 Å². The smallest absolute Gasteiger partial charge is 0.270 e. The molecule has 0 bridgehead atoms. The fourth-order valence-electron chi connectivity index (χ4n) is 3.94. The molecule has 2 rings (SSSR count). The summed E-state index contributed by atoms with van der Waals surface area (Å²) in [6, 6.07) is 0. The lowest BCUT2D eigenvalue weighted by Gasteiger charge is -2.39. The molecule has 0 spiro atoms. The van der Waals surface area contributed by atoms with Gasteiger partial charge in [0.15, 0.2) is 11.6 Å². The first-order valence-electron chi connectivity index (χ1n) is 13.0. The van der Waals surface area contributed by atoms with E-state index in [1.807, 2.05) is 27.7 Å². The molecule has 0 radical (unpaired) electrons. The summed E-state index contributed by atoms with van der Waals surface area (Å²) in [6.45, 7) is 18.1. The van der Waals surface area contributed by atoms with Crippen LogP contribution in [0.2, 0.25) is 0 Å². The Bertz CT molecular complexity index is 956. The molecule has 1 aliphatic rings. The zero-order valence-electron chi connectivity index (χ0n) is 24.3. The van der Waals surface area contributed by atoms with Crippen molar-refractivity contribution in [3.63, 3.8) is 0 Å². The second-order valence-electron chi connectivity index (χ2n) is 11.2. The Balaban J connectivity index is 2.20. The number of carbonyl (C=O) groups excluding carboxylic acids is 3. The van der Waals surface area contributed by atoms with Gasteiger partial charge in [-0.15, -0.1) is 4.37 Å². The SMILES string of the molecule is CCC(C)(OCC(=O)C(C)(C)O[C@H](COc1nsnc1N1CCOCC1)CN(C(C)=O)C(C)(C)C)C(C)=O. The summed E-state index contributed by atoms with van der Waals surface area (Å²) < 4.78 is 32.3. The van der Waals surface area contributed by atoms with Gasteiger partial charge >= 0.3 is 0 Å². The van der Waals surface area contributed by atoms with Crippen LogP contribution in [0.25, 0.3) is 0 Å². The highest BCUT2D eigenvalue weighted by molar-refractivity contribution is 6.99. The molecule has 12 heteroatoms. The lowest BCUT2D eigenvalue weighted by atomic mass is 9.98. The van der Waals surface area contributed by atoms with E-state index < -0.39 is 22.8 Å². The van der Waals surface area contributed by atoms with E-state index in [2.05, 4.69) is 13.6 Å². The van der Waals surface area contributed by atoms with E-state index in [4.69, 9.17) is 18.9 Å². The van der Waals surface area contributed by atoms with Crippen LogP contribution < -0.4 is 9.64 Å². The minimum absolute atomic E-state index is 0.0420. The number of rotatable bonds is 14. The van der Waals surface area contributed by atoms with E-state index in [1.165, 1.54) is 13.8 Å². The lowest BCUT2D eigenvalue weighted by molar-refractivity contribution is -0.166. The van der Waals surface area contributed by atoms with E-state index in [1.54, 1.807) is 25.7 Å². The van der Waals surface area contributed by atoms with Gasteiger partial charge in [0.25, 0.3) is 5.88 Å². The molecule has 1 aliphatic heterocycles. The van der Waals surface area contributed by atoms with E-state index >= 15 is 0 Å². The molecule has 0 aliphatic carbocycles. The van der Waals surface area contributed by atoms with Gasteiger partial charge in [0.2, 0.25) is 11.7 Å². The summed E-state index contributed by atoms with van der Waals surface area (Å²) >= 11 is 1.05. The lowest BCUT2D eigenvalue weighted by Crippen LogP contribution is -2.53. The monoisotopic (exact) mass is 556 g/mol. The van der Waals surface area contributed by atoms with Gasteiger partial charge in [0, 0.05) is 25.6 Å². The molecular weight excluding hydrogens is 512 g/mol. The molecule has 2 atom stereocenters. The molecule has 216 valence electrons. The Morgan fingerprint density at radius 1 is 1.08 bits per heavy atom. The van der Waals surface area contributed by atoms with E-state index in [-0.39, 0.29) is 37.2 Å².